The molecule has 1 rings (SSSR count). The van der Waals surface area contributed by atoms with Crippen LogP contribution < -0.4 is 0 Å². The highest BCUT2D eigenvalue weighted by atomic mass is 16.4. The van der Waals surface area contributed by atoms with Gasteiger partial charge in [-0.1, -0.05) is 25.7 Å². The van der Waals surface area contributed by atoms with Gasteiger partial charge in [0.05, 0.1) is 6.42 Å². The third-order valence-electron chi connectivity index (χ3n) is 4.10. The highest BCUT2D eigenvalue weighted by molar-refractivity contribution is 5.77. The first-order chi connectivity index (χ1) is 9.04. The Morgan fingerprint density at radius 2 is 1.79 bits per heavy atom. The second-order valence-corrected chi connectivity index (χ2v) is 5.69. The lowest BCUT2D eigenvalue weighted by Gasteiger charge is -2.28. The first kappa shape index (κ1) is 16.0. The van der Waals surface area contributed by atoms with E-state index < -0.39 is 5.97 Å². The lowest BCUT2D eigenvalue weighted by molar-refractivity contribution is -0.140. The fourth-order valence-corrected chi connectivity index (χ4v) is 3.03. The van der Waals surface area contributed by atoms with E-state index in [0.29, 0.717) is 18.9 Å². The Balaban J connectivity index is 2.50. The minimum atomic E-state index is -0.840. The van der Waals surface area contributed by atoms with Crippen LogP contribution in [-0.2, 0) is 9.59 Å². The Morgan fingerprint density at radius 1 is 1.21 bits per heavy atom. The minimum absolute atomic E-state index is 0.0320. The largest absolute Gasteiger partial charge is 0.481 e. The van der Waals surface area contributed by atoms with E-state index in [1.807, 2.05) is 13.8 Å². The molecule has 4 nitrogen and oxygen atoms in total. The van der Waals surface area contributed by atoms with E-state index in [4.69, 9.17) is 5.11 Å². The van der Waals surface area contributed by atoms with Crippen LogP contribution in [0.25, 0.3) is 0 Å². The molecule has 0 bridgehead atoms. The molecule has 1 atom stereocenters. The maximum atomic E-state index is 12.3. The number of hydrogen-bond acceptors (Lipinski definition) is 2. The third-order valence-corrected chi connectivity index (χ3v) is 4.10. The van der Waals surface area contributed by atoms with Crippen LogP contribution in [0.15, 0.2) is 0 Å². The highest BCUT2D eigenvalue weighted by Gasteiger charge is 2.24. The molecule has 0 aromatic carbocycles. The van der Waals surface area contributed by atoms with Crippen LogP contribution in [-0.4, -0.2) is 34.5 Å². The number of carboxylic acids is 1. The van der Waals surface area contributed by atoms with Crippen molar-refractivity contribution in [3.63, 3.8) is 0 Å². The Labute approximate surface area is 116 Å². The molecule has 1 N–H and O–H groups in total. The van der Waals surface area contributed by atoms with Gasteiger partial charge in [0.2, 0.25) is 5.91 Å². The van der Waals surface area contributed by atoms with Crippen LogP contribution >= 0.6 is 0 Å². The van der Waals surface area contributed by atoms with Crippen LogP contribution in [0.2, 0.25) is 0 Å². The van der Waals surface area contributed by atoms with Gasteiger partial charge in [0, 0.05) is 19.0 Å². The van der Waals surface area contributed by atoms with Crippen molar-refractivity contribution in [3.8, 4) is 0 Å². The van der Waals surface area contributed by atoms with Gasteiger partial charge < -0.3 is 10.0 Å². The zero-order valence-electron chi connectivity index (χ0n) is 12.2. The van der Waals surface area contributed by atoms with Crippen molar-refractivity contribution in [3.05, 3.63) is 0 Å². The number of carbonyl (C=O) groups is 2. The van der Waals surface area contributed by atoms with E-state index in [-0.39, 0.29) is 18.4 Å². The molecule has 19 heavy (non-hydrogen) atoms. The molecule has 0 heterocycles. The molecule has 0 aromatic rings. The summed E-state index contributed by atoms with van der Waals surface area (Å²) in [5.41, 5.74) is 0. The molecule has 0 aliphatic heterocycles. The summed E-state index contributed by atoms with van der Waals surface area (Å²) in [7, 11) is 0. The van der Waals surface area contributed by atoms with Gasteiger partial charge in [-0.15, -0.1) is 0 Å². The van der Waals surface area contributed by atoms with Gasteiger partial charge in [-0.25, -0.2) is 0 Å². The molecule has 1 aliphatic carbocycles. The summed E-state index contributed by atoms with van der Waals surface area (Å²) < 4.78 is 0. The number of amides is 1. The van der Waals surface area contributed by atoms with Crippen LogP contribution in [0, 0.1) is 5.92 Å². The number of aliphatic carboxylic acids is 1. The average Bonchev–Trinajstić information content (AvgIpc) is 2.57. The molecule has 0 spiro atoms. The first-order valence-corrected chi connectivity index (χ1v) is 7.55. The fraction of sp³-hybridized carbons (Fsp3) is 0.867. The van der Waals surface area contributed by atoms with Gasteiger partial charge in [-0.05, 0) is 32.6 Å². The van der Waals surface area contributed by atoms with E-state index in [2.05, 4.69) is 0 Å². The maximum Gasteiger partial charge on any atom is 0.305 e. The maximum absolute atomic E-state index is 12.3. The number of hydrogen-bond donors (Lipinski definition) is 1. The van der Waals surface area contributed by atoms with Crippen LogP contribution in [0.3, 0.4) is 0 Å². The summed E-state index contributed by atoms with van der Waals surface area (Å²) >= 11 is 0. The lowest BCUT2D eigenvalue weighted by atomic mass is 9.95. The SMILES string of the molecule is CCN(C(=O)CC1CCCCCC1)C(C)CC(=O)O. The van der Waals surface area contributed by atoms with E-state index in [1.54, 1.807) is 4.90 Å². The second-order valence-electron chi connectivity index (χ2n) is 5.69. The van der Waals surface area contributed by atoms with Crippen molar-refractivity contribution >= 4 is 11.9 Å². The van der Waals surface area contributed by atoms with Gasteiger partial charge in [-0.3, -0.25) is 9.59 Å². The molecule has 0 radical (unpaired) electrons. The molecular formula is C15H27NO3. The molecular weight excluding hydrogens is 242 g/mol. The molecule has 1 fully saturated rings. The standard InChI is InChI=1S/C15H27NO3/c1-3-16(12(2)10-15(18)19)14(17)11-13-8-6-4-5-7-9-13/h12-13H,3-11H2,1-2H3,(H,18,19). The molecule has 0 aromatic heterocycles. The molecule has 0 saturated heterocycles. The predicted octanol–water partition coefficient (Wildman–Crippen LogP) is 3.06. The van der Waals surface area contributed by atoms with Crippen molar-refractivity contribution in [1.82, 2.24) is 4.90 Å². The van der Waals surface area contributed by atoms with Gasteiger partial charge >= 0.3 is 5.97 Å². The van der Waals surface area contributed by atoms with Gasteiger partial charge in [0.15, 0.2) is 0 Å². The van der Waals surface area contributed by atoms with Gasteiger partial charge in [0.25, 0.3) is 0 Å². The van der Waals surface area contributed by atoms with Crippen LogP contribution in [0.1, 0.15) is 65.2 Å². The summed E-state index contributed by atoms with van der Waals surface area (Å²) in [6, 6.07) is -0.208. The van der Waals surface area contributed by atoms with Crippen molar-refractivity contribution in [1.29, 1.82) is 0 Å². The number of carboxylic acid groups (broad SMARTS) is 1. The monoisotopic (exact) mass is 269 g/mol. The van der Waals surface area contributed by atoms with Crippen molar-refractivity contribution in [2.45, 2.75) is 71.3 Å². The summed E-state index contributed by atoms with van der Waals surface area (Å²) in [4.78, 5) is 24.8. The topological polar surface area (TPSA) is 57.6 Å². The smallest absolute Gasteiger partial charge is 0.305 e. The predicted molar refractivity (Wildman–Crippen MR) is 74.9 cm³/mol. The summed E-state index contributed by atoms with van der Waals surface area (Å²) in [5, 5.41) is 8.83. The van der Waals surface area contributed by atoms with Crippen molar-refractivity contribution in [2.75, 3.05) is 6.54 Å². The van der Waals surface area contributed by atoms with Crippen molar-refractivity contribution < 1.29 is 14.7 Å². The summed E-state index contributed by atoms with van der Waals surface area (Å²) in [6.45, 7) is 4.34. The molecule has 1 aliphatic rings. The lowest BCUT2D eigenvalue weighted by Crippen LogP contribution is -2.40. The average molecular weight is 269 g/mol. The Hall–Kier alpha value is -1.06. The van der Waals surface area contributed by atoms with Gasteiger partial charge in [-0.2, -0.15) is 0 Å². The van der Waals surface area contributed by atoms with E-state index in [0.717, 1.165) is 12.8 Å². The molecule has 4 heteroatoms. The molecule has 110 valence electrons. The number of nitrogens with zero attached hydrogens (tertiary/aromatic N) is 1. The normalized spacial score (nSPS) is 18.6. The quantitative estimate of drug-likeness (QED) is 0.754. The Morgan fingerprint density at radius 3 is 2.26 bits per heavy atom. The summed E-state index contributed by atoms with van der Waals surface area (Å²) in [6.07, 6.45) is 7.97. The first-order valence-electron chi connectivity index (χ1n) is 7.55. The van der Waals surface area contributed by atoms with E-state index in [1.165, 1.54) is 25.7 Å². The Bertz CT molecular complexity index is 296. The van der Waals surface area contributed by atoms with Crippen LogP contribution in [0.4, 0.5) is 0 Å². The third kappa shape index (κ3) is 5.62. The van der Waals surface area contributed by atoms with Crippen molar-refractivity contribution in [2.24, 2.45) is 5.92 Å². The molecule has 1 unspecified atom stereocenters. The molecule has 1 amide bonds. The zero-order chi connectivity index (χ0) is 14.3. The summed E-state index contributed by atoms with van der Waals surface area (Å²) in [5.74, 6) is -0.211. The van der Waals surface area contributed by atoms with E-state index >= 15 is 0 Å². The second kappa shape index (κ2) is 8.18. The number of carbonyl (C=O) groups excluding carboxylic acids is 1. The van der Waals surface area contributed by atoms with Crippen LogP contribution in [0.5, 0.6) is 0 Å². The zero-order valence-corrected chi connectivity index (χ0v) is 12.2. The van der Waals surface area contributed by atoms with E-state index in [9.17, 15) is 9.59 Å². The minimum Gasteiger partial charge on any atom is -0.481 e. The number of rotatable bonds is 6. The Kier molecular flexibility index (Phi) is 6.89. The highest BCUT2D eigenvalue weighted by Crippen LogP contribution is 2.26. The fourth-order valence-electron chi connectivity index (χ4n) is 3.03. The molecule has 1 saturated carbocycles. The van der Waals surface area contributed by atoms with Gasteiger partial charge in [0.1, 0.15) is 0 Å².